The lowest BCUT2D eigenvalue weighted by Crippen LogP contribution is -2.01. The van der Waals surface area contributed by atoms with E-state index in [0.29, 0.717) is 11.6 Å². The van der Waals surface area contributed by atoms with Crippen LogP contribution in [0.4, 0.5) is 0 Å². The summed E-state index contributed by atoms with van der Waals surface area (Å²) < 4.78 is 5.05. The smallest absolute Gasteiger partial charge is 0.104 e. The lowest BCUT2D eigenvalue weighted by atomic mass is 9.99. The highest BCUT2D eigenvalue weighted by molar-refractivity contribution is 6.31. The fraction of sp³-hybridized carbons (Fsp3) is 0.294. The summed E-state index contributed by atoms with van der Waals surface area (Å²) in [5.41, 5.74) is 3.89. The van der Waals surface area contributed by atoms with Gasteiger partial charge in [-0.05, 0) is 41.7 Å². The Hall–Kier alpha value is -1.35. The van der Waals surface area contributed by atoms with Crippen molar-refractivity contribution in [3.8, 4) is 0 Å². The van der Waals surface area contributed by atoms with Crippen LogP contribution in [0.1, 0.15) is 28.4 Å². The third-order valence-electron chi connectivity index (χ3n) is 3.40. The summed E-state index contributed by atoms with van der Waals surface area (Å²) in [6.07, 6.45) is 0.230. The second-order valence-corrected chi connectivity index (χ2v) is 5.30. The highest BCUT2D eigenvalue weighted by atomic mass is 35.5. The maximum Gasteiger partial charge on any atom is 0.104 e. The molecule has 0 aliphatic carbocycles. The van der Waals surface area contributed by atoms with Crippen molar-refractivity contribution in [3.05, 3.63) is 69.7 Å². The van der Waals surface area contributed by atoms with Gasteiger partial charge in [-0.2, -0.15) is 0 Å². The second-order valence-electron chi connectivity index (χ2n) is 4.90. The van der Waals surface area contributed by atoms with Gasteiger partial charge in [0.1, 0.15) is 6.10 Å². The number of aryl methyl sites for hydroxylation is 1. The van der Waals surface area contributed by atoms with Gasteiger partial charge in [0.25, 0.3) is 0 Å². The molecule has 0 fully saturated rings. The van der Waals surface area contributed by atoms with Crippen molar-refractivity contribution in [2.24, 2.45) is 0 Å². The zero-order chi connectivity index (χ0) is 14.5. The predicted octanol–water partition coefficient (Wildman–Crippen LogP) is 3.92. The first-order chi connectivity index (χ1) is 9.61. The van der Waals surface area contributed by atoms with Crippen LogP contribution in [0.3, 0.4) is 0 Å². The molecule has 20 heavy (non-hydrogen) atoms. The van der Waals surface area contributed by atoms with E-state index in [-0.39, 0.29) is 0 Å². The molecule has 0 amide bonds. The first-order valence-electron chi connectivity index (χ1n) is 6.63. The molecule has 0 bridgehead atoms. The van der Waals surface area contributed by atoms with Gasteiger partial charge in [0, 0.05) is 12.1 Å². The lowest BCUT2D eigenvalue weighted by Gasteiger charge is -2.13. The quantitative estimate of drug-likeness (QED) is 0.904. The van der Waals surface area contributed by atoms with Gasteiger partial charge in [0.05, 0.1) is 6.61 Å². The van der Waals surface area contributed by atoms with Crippen LogP contribution in [-0.4, -0.2) is 18.8 Å². The molecule has 0 aliphatic rings. The third-order valence-corrected chi connectivity index (χ3v) is 3.81. The van der Waals surface area contributed by atoms with Crippen LogP contribution in [0.2, 0.25) is 5.02 Å². The summed E-state index contributed by atoms with van der Waals surface area (Å²) in [5, 5.41) is 11.1. The summed E-state index contributed by atoms with van der Waals surface area (Å²) in [5.74, 6) is 0. The molecule has 0 radical (unpaired) electrons. The van der Waals surface area contributed by atoms with Gasteiger partial charge in [-0.15, -0.1) is 0 Å². The van der Waals surface area contributed by atoms with Crippen molar-refractivity contribution < 1.29 is 9.84 Å². The van der Waals surface area contributed by atoms with Crippen molar-refractivity contribution in [1.82, 2.24) is 0 Å². The highest BCUT2D eigenvalue weighted by Crippen LogP contribution is 2.26. The highest BCUT2D eigenvalue weighted by Gasteiger charge is 2.11. The van der Waals surface area contributed by atoms with Gasteiger partial charge < -0.3 is 9.84 Å². The maximum atomic E-state index is 10.4. The molecule has 0 saturated carbocycles. The van der Waals surface area contributed by atoms with Crippen molar-refractivity contribution >= 4 is 11.6 Å². The van der Waals surface area contributed by atoms with Crippen molar-refractivity contribution in [2.75, 3.05) is 13.7 Å². The molecule has 1 N–H and O–H groups in total. The molecule has 106 valence electrons. The molecule has 2 aromatic rings. The molecule has 2 aromatic carbocycles. The number of halogens is 1. The molecule has 0 heterocycles. The van der Waals surface area contributed by atoms with Gasteiger partial charge >= 0.3 is 0 Å². The average Bonchev–Trinajstić information content (AvgIpc) is 2.48. The second kappa shape index (κ2) is 6.89. The Bertz CT molecular complexity index is 564. The normalized spacial score (nSPS) is 12.4. The minimum absolute atomic E-state index is 0.649. The molecular weight excluding hydrogens is 272 g/mol. The molecule has 3 heteroatoms. The number of ether oxygens (including phenoxy) is 1. The van der Waals surface area contributed by atoms with Crippen molar-refractivity contribution in [1.29, 1.82) is 0 Å². The minimum Gasteiger partial charge on any atom is -0.384 e. The lowest BCUT2D eigenvalue weighted by molar-refractivity contribution is 0.202. The van der Waals surface area contributed by atoms with Crippen LogP contribution in [0, 0.1) is 6.92 Å². The van der Waals surface area contributed by atoms with E-state index in [9.17, 15) is 5.11 Å². The van der Waals surface area contributed by atoms with Crippen LogP contribution in [0.15, 0.2) is 42.5 Å². The number of aliphatic hydroxyl groups is 1. The standard InChI is InChI=1S/C17H19ClO2/c1-12-3-6-15(11-16(12)18)17(19)14-7-4-13(5-8-14)9-10-20-2/h3-8,11,17,19H,9-10H2,1-2H3. The Morgan fingerprint density at radius 2 is 1.75 bits per heavy atom. The number of aliphatic hydroxyl groups excluding tert-OH is 1. The van der Waals surface area contributed by atoms with Gasteiger partial charge in [0.2, 0.25) is 0 Å². The third kappa shape index (κ3) is 3.60. The monoisotopic (exact) mass is 290 g/mol. The zero-order valence-electron chi connectivity index (χ0n) is 11.8. The summed E-state index contributed by atoms with van der Waals surface area (Å²) >= 11 is 6.10. The summed E-state index contributed by atoms with van der Waals surface area (Å²) in [6.45, 7) is 2.65. The molecule has 2 rings (SSSR count). The molecule has 0 spiro atoms. The van der Waals surface area contributed by atoms with Gasteiger partial charge in [-0.25, -0.2) is 0 Å². The van der Waals surface area contributed by atoms with E-state index in [2.05, 4.69) is 0 Å². The Morgan fingerprint density at radius 1 is 1.10 bits per heavy atom. The number of rotatable bonds is 5. The summed E-state index contributed by atoms with van der Waals surface area (Å²) in [7, 11) is 1.69. The van der Waals surface area contributed by atoms with Crippen LogP contribution < -0.4 is 0 Å². The molecular formula is C17H19ClO2. The first kappa shape index (κ1) is 15.0. The Morgan fingerprint density at radius 3 is 2.35 bits per heavy atom. The largest absolute Gasteiger partial charge is 0.384 e. The fourth-order valence-corrected chi connectivity index (χ4v) is 2.25. The Labute approximate surface area is 125 Å². The van der Waals surface area contributed by atoms with Crippen molar-refractivity contribution in [2.45, 2.75) is 19.4 Å². The van der Waals surface area contributed by atoms with Gasteiger partial charge in [0.15, 0.2) is 0 Å². The molecule has 1 unspecified atom stereocenters. The maximum absolute atomic E-state index is 10.4. The van der Waals surface area contributed by atoms with E-state index >= 15 is 0 Å². The van der Waals surface area contributed by atoms with E-state index < -0.39 is 6.10 Å². The van der Waals surface area contributed by atoms with E-state index in [1.165, 1.54) is 5.56 Å². The van der Waals surface area contributed by atoms with Crippen LogP contribution in [0.25, 0.3) is 0 Å². The summed E-state index contributed by atoms with van der Waals surface area (Å²) in [6, 6.07) is 13.6. The average molecular weight is 291 g/mol. The van der Waals surface area contributed by atoms with E-state index in [0.717, 1.165) is 23.1 Å². The number of hydrogen-bond donors (Lipinski definition) is 1. The number of benzene rings is 2. The molecule has 1 atom stereocenters. The minimum atomic E-state index is -0.649. The Balaban J connectivity index is 2.15. The zero-order valence-corrected chi connectivity index (χ0v) is 12.5. The van der Waals surface area contributed by atoms with E-state index in [1.807, 2.05) is 49.4 Å². The molecule has 0 aliphatic heterocycles. The fourth-order valence-electron chi connectivity index (χ4n) is 2.06. The van der Waals surface area contributed by atoms with Crippen LogP contribution in [0.5, 0.6) is 0 Å². The van der Waals surface area contributed by atoms with Crippen LogP contribution in [-0.2, 0) is 11.2 Å². The van der Waals surface area contributed by atoms with E-state index in [4.69, 9.17) is 16.3 Å². The molecule has 0 saturated heterocycles. The molecule has 2 nitrogen and oxygen atoms in total. The SMILES string of the molecule is COCCc1ccc(C(O)c2ccc(C)c(Cl)c2)cc1. The van der Waals surface area contributed by atoms with Gasteiger partial charge in [-0.3, -0.25) is 0 Å². The number of methoxy groups -OCH3 is 1. The topological polar surface area (TPSA) is 29.5 Å². The number of hydrogen-bond acceptors (Lipinski definition) is 2. The Kier molecular flexibility index (Phi) is 5.18. The first-order valence-corrected chi connectivity index (χ1v) is 7.01. The molecule has 0 aromatic heterocycles. The predicted molar refractivity (Wildman–Crippen MR) is 82.3 cm³/mol. The van der Waals surface area contributed by atoms with Gasteiger partial charge in [-0.1, -0.05) is 48.0 Å². The van der Waals surface area contributed by atoms with Crippen molar-refractivity contribution in [3.63, 3.8) is 0 Å². The summed E-state index contributed by atoms with van der Waals surface area (Å²) in [4.78, 5) is 0. The van der Waals surface area contributed by atoms with Crippen LogP contribution >= 0.6 is 11.6 Å². The van der Waals surface area contributed by atoms with E-state index in [1.54, 1.807) is 7.11 Å².